The molecule has 2 aliphatic rings. The number of hydrogen-bond donors (Lipinski definition) is 1. The van der Waals surface area contributed by atoms with Gasteiger partial charge in [0.15, 0.2) is 0 Å². The largest absolute Gasteiger partial charge is 0.484 e. The van der Waals surface area contributed by atoms with E-state index in [1.54, 1.807) is 0 Å². The summed E-state index contributed by atoms with van der Waals surface area (Å²) in [6, 6.07) is 14.0. The van der Waals surface area contributed by atoms with Crippen LogP contribution in [0.3, 0.4) is 0 Å². The predicted octanol–water partition coefficient (Wildman–Crippen LogP) is 2.11. The number of anilines is 2. The van der Waals surface area contributed by atoms with E-state index in [9.17, 15) is 0 Å². The summed E-state index contributed by atoms with van der Waals surface area (Å²) in [6.07, 6.45) is 1.86. The molecule has 1 N–H and O–H groups in total. The van der Waals surface area contributed by atoms with E-state index >= 15 is 0 Å². The number of pyridine rings is 1. The third-order valence-corrected chi connectivity index (χ3v) is 4.59. The number of ether oxygens (including phenoxy) is 1. The Balaban J connectivity index is 1.24. The van der Waals surface area contributed by atoms with E-state index in [-0.39, 0.29) is 0 Å². The quantitative estimate of drug-likeness (QED) is 0.926. The number of benzene rings is 1. The lowest BCUT2D eigenvalue weighted by atomic mass is 10.2. The molecule has 1 fully saturated rings. The maximum Gasteiger partial charge on any atom is 0.146 e. The molecule has 0 radical (unpaired) electrons. The molecule has 6 heteroatoms. The number of para-hydroxylation sites is 2. The zero-order valence-corrected chi connectivity index (χ0v) is 14.3. The highest BCUT2D eigenvalue weighted by molar-refractivity contribution is 5.99. The second-order valence-electron chi connectivity index (χ2n) is 6.25. The van der Waals surface area contributed by atoms with Gasteiger partial charge in [-0.15, -0.1) is 0 Å². The number of rotatable bonds is 4. The van der Waals surface area contributed by atoms with Gasteiger partial charge in [0.25, 0.3) is 0 Å². The summed E-state index contributed by atoms with van der Waals surface area (Å²) in [5.74, 6) is 2.88. The first-order valence-electron chi connectivity index (χ1n) is 8.79. The molecule has 0 atom stereocenters. The van der Waals surface area contributed by atoms with Crippen LogP contribution in [0, 0.1) is 0 Å². The Kier molecular flexibility index (Phi) is 4.79. The zero-order chi connectivity index (χ0) is 16.9. The van der Waals surface area contributed by atoms with Gasteiger partial charge in [0.05, 0.1) is 12.2 Å². The molecule has 0 saturated carbocycles. The van der Waals surface area contributed by atoms with Crippen LogP contribution >= 0.6 is 0 Å². The van der Waals surface area contributed by atoms with E-state index in [1.807, 2.05) is 42.6 Å². The summed E-state index contributed by atoms with van der Waals surface area (Å²) in [6.45, 7) is 6.41. The first kappa shape index (κ1) is 15.9. The van der Waals surface area contributed by atoms with Crippen molar-refractivity contribution in [2.24, 2.45) is 4.99 Å². The van der Waals surface area contributed by atoms with Crippen molar-refractivity contribution in [1.82, 2.24) is 9.88 Å². The first-order valence-corrected chi connectivity index (χ1v) is 8.79. The van der Waals surface area contributed by atoms with Gasteiger partial charge in [0.2, 0.25) is 0 Å². The minimum atomic E-state index is 0.518. The average molecular weight is 337 g/mol. The van der Waals surface area contributed by atoms with Crippen LogP contribution in [0.5, 0.6) is 5.75 Å². The number of piperazine rings is 1. The summed E-state index contributed by atoms with van der Waals surface area (Å²) < 4.78 is 5.72. The Hall–Kier alpha value is -2.60. The first-order chi connectivity index (χ1) is 12.4. The second kappa shape index (κ2) is 7.53. The summed E-state index contributed by atoms with van der Waals surface area (Å²) in [7, 11) is 0. The van der Waals surface area contributed by atoms with Crippen LogP contribution in [0.15, 0.2) is 53.7 Å². The minimum absolute atomic E-state index is 0.518. The molecule has 1 aromatic carbocycles. The van der Waals surface area contributed by atoms with Crippen molar-refractivity contribution in [3.8, 4) is 5.75 Å². The van der Waals surface area contributed by atoms with Gasteiger partial charge < -0.3 is 15.0 Å². The topological polar surface area (TPSA) is 53.0 Å². The van der Waals surface area contributed by atoms with Gasteiger partial charge in [-0.25, -0.2) is 4.98 Å². The van der Waals surface area contributed by atoms with Crippen LogP contribution in [0.2, 0.25) is 0 Å². The van der Waals surface area contributed by atoms with Crippen molar-refractivity contribution in [1.29, 1.82) is 0 Å². The van der Waals surface area contributed by atoms with Crippen molar-refractivity contribution >= 4 is 17.3 Å². The summed E-state index contributed by atoms with van der Waals surface area (Å²) in [5, 5.41) is 3.35. The molecule has 3 heterocycles. The molecule has 2 aliphatic heterocycles. The Labute approximate surface area is 148 Å². The summed E-state index contributed by atoms with van der Waals surface area (Å²) in [4.78, 5) is 13.9. The summed E-state index contributed by atoms with van der Waals surface area (Å²) >= 11 is 0. The lowest BCUT2D eigenvalue weighted by molar-refractivity contribution is 0.264. The second-order valence-corrected chi connectivity index (χ2v) is 6.25. The molecule has 6 nitrogen and oxygen atoms in total. The number of fused-ring (bicyclic) bond motifs is 1. The van der Waals surface area contributed by atoms with Gasteiger partial charge in [0.1, 0.15) is 24.0 Å². The van der Waals surface area contributed by atoms with Gasteiger partial charge in [-0.05, 0) is 24.3 Å². The van der Waals surface area contributed by atoms with E-state index in [2.05, 4.69) is 31.2 Å². The number of aliphatic imine (C=N–C) groups is 1. The predicted molar refractivity (Wildman–Crippen MR) is 101 cm³/mol. The molecule has 4 rings (SSSR count). The number of nitrogens with zero attached hydrogens (tertiary/aromatic N) is 4. The van der Waals surface area contributed by atoms with E-state index in [4.69, 9.17) is 4.74 Å². The van der Waals surface area contributed by atoms with Crippen LogP contribution in [-0.2, 0) is 0 Å². The lowest BCUT2D eigenvalue weighted by Crippen LogP contribution is -2.47. The number of hydrogen-bond acceptors (Lipinski definition) is 5. The van der Waals surface area contributed by atoms with Crippen LogP contribution in [-0.4, -0.2) is 61.6 Å². The molecule has 1 aromatic heterocycles. The van der Waals surface area contributed by atoms with Crippen LogP contribution in [0.25, 0.3) is 0 Å². The smallest absolute Gasteiger partial charge is 0.146 e. The van der Waals surface area contributed by atoms with Crippen molar-refractivity contribution in [2.45, 2.75) is 0 Å². The molecule has 0 amide bonds. The Bertz CT molecular complexity index is 726. The molecule has 1 saturated heterocycles. The van der Waals surface area contributed by atoms with Crippen molar-refractivity contribution in [3.05, 3.63) is 48.7 Å². The standard InChI is InChI=1S/C19H23N5O/c1-2-6-17-16(5-1)22-18(15-25-17)20-9-10-23-11-13-24(14-12-23)19-7-3-4-8-21-19/h1-8H,9-15H2,(H,20,22). The fraction of sp³-hybridized carbons (Fsp3) is 0.368. The Morgan fingerprint density at radius 3 is 2.72 bits per heavy atom. The maximum atomic E-state index is 5.72. The molecule has 0 spiro atoms. The molecular weight excluding hydrogens is 314 g/mol. The van der Waals surface area contributed by atoms with Gasteiger partial charge in [-0.2, -0.15) is 0 Å². The highest BCUT2D eigenvalue weighted by Crippen LogP contribution is 2.26. The van der Waals surface area contributed by atoms with E-state index < -0.39 is 0 Å². The average Bonchev–Trinajstić information content (AvgIpc) is 2.69. The van der Waals surface area contributed by atoms with E-state index in [0.717, 1.165) is 62.4 Å². The highest BCUT2D eigenvalue weighted by atomic mass is 16.5. The van der Waals surface area contributed by atoms with E-state index in [1.165, 1.54) is 0 Å². The van der Waals surface area contributed by atoms with Crippen molar-refractivity contribution in [2.75, 3.05) is 56.1 Å². The van der Waals surface area contributed by atoms with Gasteiger partial charge in [-0.1, -0.05) is 18.2 Å². The number of amidine groups is 1. The van der Waals surface area contributed by atoms with Gasteiger partial charge in [-0.3, -0.25) is 9.89 Å². The molecule has 2 aromatic rings. The fourth-order valence-electron chi connectivity index (χ4n) is 3.19. The Morgan fingerprint density at radius 2 is 1.88 bits per heavy atom. The molecule has 0 aliphatic carbocycles. The summed E-state index contributed by atoms with van der Waals surface area (Å²) in [5.41, 5.74) is 0.997. The molecule has 25 heavy (non-hydrogen) atoms. The number of aromatic nitrogens is 1. The number of nitrogens with one attached hydrogen (secondary N) is 1. The zero-order valence-electron chi connectivity index (χ0n) is 14.3. The highest BCUT2D eigenvalue weighted by Gasteiger charge is 2.18. The fourth-order valence-corrected chi connectivity index (χ4v) is 3.19. The van der Waals surface area contributed by atoms with Crippen LogP contribution in [0.1, 0.15) is 0 Å². The maximum absolute atomic E-state index is 5.72. The Morgan fingerprint density at radius 1 is 1.04 bits per heavy atom. The monoisotopic (exact) mass is 337 g/mol. The molecule has 130 valence electrons. The minimum Gasteiger partial charge on any atom is -0.484 e. The normalized spacial score (nSPS) is 19.2. The molecule has 0 unspecified atom stereocenters. The lowest BCUT2D eigenvalue weighted by Gasteiger charge is -2.35. The molecule has 0 bridgehead atoms. The van der Waals surface area contributed by atoms with E-state index in [0.29, 0.717) is 6.61 Å². The third-order valence-electron chi connectivity index (χ3n) is 4.59. The van der Waals surface area contributed by atoms with Crippen LogP contribution < -0.4 is 15.0 Å². The SMILES string of the molecule is c1ccc(N2CCN(CCN=C3COc4ccccc4N3)CC2)nc1. The van der Waals surface area contributed by atoms with Crippen molar-refractivity contribution in [3.63, 3.8) is 0 Å². The van der Waals surface area contributed by atoms with Gasteiger partial charge in [0, 0.05) is 38.9 Å². The molecular formula is C19H23N5O. The third kappa shape index (κ3) is 3.91. The van der Waals surface area contributed by atoms with Crippen LogP contribution in [0.4, 0.5) is 11.5 Å². The van der Waals surface area contributed by atoms with Gasteiger partial charge >= 0.3 is 0 Å². The van der Waals surface area contributed by atoms with Crippen molar-refractivity contribution < 1.29 is 4.74 Å².